The number of ketones is 1. The van der Waals surface area contributed by atoms with Gasteiger partial charge in [0, 0.05) is 31.5 Å². The van der Waals surface area contributed by atoms with Crippen LogP contribution in [-0.4, -0.2) is 29.7 Å². The molecule has 0 bridgehead atoms. The summed E-state index contributed by atoms with van der Waals surface area (Å²) in [7, 11) is 0. The van der Waals surface area contributed by atoms with E-state index in [4.69, 9.17) is 0 Å². The molecule has 3 nitrogen and oxygen atoms in total. The van der Waals surface area contributed by atoms with Crippen LogP contribution in [0.5, 0.6) is 0 Å². The number of Topliss-reactive ketones (excluding diaryl/α,β-unsaturated/α-hetero) is 1. The van der Waals surface area contributed by atoms with E-state index in [0.29, 0.717) is 38.4 Å². The highest BCUT2D eigenvalue weighted by Gasteiger charge is 2.27. The van der Waals surface area contributed by atoms with E-state index in [-0.39, 0.29) is 17.3 Å². The number of benzene rings is 1. The number of hydrogen-bond acceptors (Lipinski definition) is 2. The van der Waals surface area contributed by atoms with Crippen LogP contribution in [-0.2, 0) is 4.79 Å². The van der Waals surface area contributed by atoms with Crippen molar-refractivity contribution in [3.8, 4) is 0 Å². The van der Waals surface area contributed by atoms with E-state index >= 15 is 0 Å². The molecule has 2 rings (SSSR count). The standard InChI is InChI=1S/C15H17F2NO2/c1-2-14(19)10-5-7-18(8-6-10)15(20)12-4-3-11(16)9-13(12)17/h3-4,9-10H,2,5-8H2,1H3. The Hall–Kier alpha value is -1.78. The molecule has 108 valence electrons. The van der Waals surface area contributed by atoms with Crippen LogP contribution < -0.4 is 0 Å². The highest BCUT2D eigenvalue weighted by Crippen LogP contribution is 2.21. The number of halogens is 2. The zero-order valence-corrected chi connectivity index (χ0v) is 11.4. The van der Waals surface area contributed by atoms with Gasteiger partial charge in [-0.1, -0.05) is 6.92 Å². The lowest BCUT2D eigenvalue weighted by Gasteiger charge is -2.31. The zero-order chi connectivity index (χ0) is 14.7. The molecule has 0 N–H and O–H groups in total. The van der Waals surface area contributed by atoms with Gasteiger partial charge < -0.3 is 4.90 Å². The van der Waals surface area contributed by atoms with Crippen molar-refractivity contribution in [1.82, 2.24) is 4.90 Å². The number of hydrogen-bond donors (Lipinski definition) is 0. The summed E-state index contributed by atoms with van der Waals surface area (Å²) in [5.74, 6) is -1.77. The maximum atomic E-state index is 13.6. The Kier molecular flexibility index (Phi) is 4.47. The Bertz CT molecular complexity index is 523. The third-order valence-corrected chi connectivity index (χ3v) is 3.75. The lowest BCUT2D eigenvalue weighted by Crippen LogP contribution is -2.40. The number of amides is 1. The number of carbonyl (C=O) groups excluding carboxylic acids is 2. The van der Waals surface area contributed by atoms with Gasteiger partial charge in [-0.05, 0) is 25.0 Å². The number of likely N-dealkylation sites (tertiary alicyclic amines) is 1. The molecule has 1 aliphatic heterocycles. The Balaban J connectivity index is 2.03. The van der Waals surface area contributed by atoms with Crippen molar-refractivity contribution in [1.29, 1.82) is 0 Å². The highest BCUT2D eigenvalue weighted by molar-refractivity contribution is 5.94. The first-order chi connectivity index (χ1) is 9.52. The van der Waals surface area contributed by atoms with Crippen LogP contribution in [0.2, 0.25) is 0 Å². The molecule has 5 heteroatoms. The van der Waals surface area contributed by atoms with Gasteiger partial charge in [-0.2, -0.15) is 0 Å². The first-order valence-electron chi connectivity index (χ1n) is 6.80. The maximum absolute atomic E-state index is 13.6. The van der Waals surface area contributed by atoms with Crippen LogP contribution in [0, 0.1) is 17.6 Å². The van der Waals surface area contributed by atoms with E-state index in [0.717, 1.165) is 12.1 Å². The van der Waals surface area contributed by atoms with Crippen LogP contribution in [0.3, 0.4) is 0 Å². The second kappa shape index (κ2) is 6.11. The van der Waals surface area contributed by atoms with E-state index < -0.39 is 17.5 Å². The van der Waals surface area contributed by atoms with Crippen molar-refractivity contribution in [3.05, 3.63) is 35.4 Å². The summed E-state index contributed by atoms with van der Waals surface area (Å²) >= 11 is 0. The topological polar surface area (TPSA) is 37.4 Å². The third-order valence-electron chi connectivity index (χ3n) is 3.75. The van der Waals surface area contributed by atoms with Gasteiger partial charge in [0.2, 0.25) is 0 Å². The van der Waals surface area contributed by atoms with Gasteiger partial charge in [0.15, 0.2) is 0 Å². The quantitative estimate of drug-likeness (QED) is 0.854. The number of nitrogens with zero attached hydrogens (tertiary/aromatic N) is 1. The number of piperidine rings is 1. The summed E-state index contributed by atoms with van der Waals surface area (Å²) < 4.78 is 26.4. The number of rotatable bonds is 3. The Morgan fingerprint density at radius 2 is 1.90 bits per heavy atom. The molecule has 0 aromatic heterocycles. The van der Waals surface area contributed by atoms with Crippen molar-refractivity contribution >= 4 is 11.7 Å². The summed E-state index contributed by atoms with van der Waals surface area (Å²) in [6.45, 7) is 2.70. The van der Waals surface area contributed by atoms with Gasteiger partial charge >= 0.3 is 0 Å². The summed E-state index contributed by atoms with van der Waals surface area (Å²) in [5.41, 5.74) is -0.119. The fraction of sp³-hybridized carbons (Fsp3) is 0.467. The molecule has 0 atom stereocenters. The molecule has 0 radical (unpaired) electrons. The molecule has 1 heterocycles. The number of carbonyl (C=O) groups is 2. The molecule has 1 aromatic carbocycles. The van der Waals surface area contributed by atoms with E-state index in [9.17, 15) is 18.4 Å². The lowest BCUT2D eigenvalue weighted by atomic mass is 9.91. The third kappa shape index (κ3) is 3.03. The van der Waals surface area contributed by atoms with Gasteiger partial charge in [0.1, 0.15) is 17.4 Å². The molecule has 1 aliphatic rings. The lowest BCUT2D eigenvalue weighted by molar-refractivity contribution is -0.123. The molecular formula is C15H17F2NO2. The van der Waals surface area contributed by atoms with Gasteiger partial charge in [-0.3, -0.25) is 9.59 Å². The Morgan fingerprint density at radius 1 is 1.25 bits per heavy atom. The maximum Gasteiger partial charge on any atom is 0.256 e. The van der Waals surface area contributed by atoms with Crippen molar-refractivity contribution in [3.63, 3.8) is 0 Å². The van der Waals surface area contributed by atoms with E-state index in [1.807, 2.05) is 6.92 Å². The summed E-state index contributed by atoms with van der Waals surface area (Å²) in [5, 5.41) is 0. The second-order valence-electron chi connectivity index (χ2n) is 5.01. The van der Waals surface area contributed by atoms with E-state index in [1.165, 1.54) is 4.90 Å². The first kappa shape index (κ1) is 14.6. The zero-order valence-electron chi connectivity index (χ0n) is 11.4. The average Bonchev–Trinajstić information content (AvgIpc) is 2.46. The van der Waals surface area contributed by atoms with Crippen LogP contribution in [0.4, 0.5) is 8.78 Å². The Labute approximate surface area is 116 Å². The van der Waals surface area contributed by atoms with Crippen LogP contribution >= 0.6 is 0 Å². The predicted octanol–water partition coefficient (Wildman–Crippen LogP) is 2.80. The smallest absolute Gasteiger partial charge is 0.256 e. The second-order valence-corrected chi connectivity index (χ2v) is 5.01. The minimum absolute atomic E-state index is 0.00196. The molecular weight excluding hydrogens is 264 g/mol. The van der Waals surface area contributed by atoms with Crippen LogP contribution in [0.1, 0.15) is 36.5 Å². The first-order valence-corrected chi connectivity index (χ1v) is 6.80. The van der Waals surface area contributed by atoms with Gasteiger partial charge in [0.25, 0.3) is 5.91 Å². The van der Waals surface area contributed by atoms with Gasteiger partial charge in [0.05, 0.1) is 5.56 Å². The molecule has 0 aliphatic carbocycles. The van der Waals surface area contributed by atoms with Crippen molar-refractivity contribution < 1.29 is 18.4 Å². The molecule has 0 saturated carbocycles. The fourth-order valence-electron chi connectivity index (χ4n) is 2.53. The Morgan fingerprint density at radius 3 is 2.45 bits per heavy atom. The molecule has 1 fully saturated rings. The van der Waals surface area contributed by atoms with Crippen molar-refractivity contribution in [2.45, 2.75) is 26.2 Å². The highest BCUT2D eigenvalue weighted by atomic mass is 19.1. The minimum Gasteiger partial charge on any atom is -0.339 e. The van der Waals surface area contributed by atoms with Gasteiger partial charge in [-0.15, -0.1) is 0 Å². The van der Waals surface area contributed by atoms with Crippen molar-refractivity contribution in [2.75, 3.05) is 13.1 Å². The van der Waals surface area contributed by atoms with E-state index in [2.05, 4.69) is 0 Å². The molecule has 1 amide bonds. The SMILES string of the molecule is CCC(=O)C1CCN(C(=O)c2ccc(F)cc2F)CC1. The molecule has 1 aromatic rings. The minimum atomic E-state index is -0.846. The normalized spacial score (nSPS) is 16.2. The van der Waals surface area contributed by atoms with Gasteiger partial charge in [-0.25, -0.2) is 8.78 Å². The summed E-state index contributed by atoms with van der Waals surface area (Å²) in [6, 6.07) is 2.94. The van der Waals surface area contributed by atoms with E-state index in [1.54, 1.807) is 0 Å². The molecule has 1 saturated heterocycles. The average molecular weight is 281 g/mol. The fourth-order valence-corrected chi connectivity index (χ4v) is 2.53. The molecule has 0 unspecified atom stereocenters. The summed E-state index contributed by atoms with van der Waals surface area (Å²) in [6.07, 6.45) is 1.73. The monoisotopic (exact) mass is 281 g/mol. The van der Waals surface area contributed by atoms with Crippen molar-refractivity contribution in [2.24, 2.45) is 5.92 Å². The van der Waals surface area contributed by atoms with Crippen LogP contribution in [0.15, 0.2) is 18.2 Å². The molecule has 20 heavy (non-hydrogen) atoms. The predicted molar refractivity (Wildman–Crippen MR) is 70.3 cm³/mol. The summed E-state index contributed by atoms with van der Waals surface area (Å²) in [4.78, 5) is 25.3. The molecule has 0 spiro atoms. The largest absolute Gasteiger partial charge is 0.339 e. The van der Waals surface area contributed by atoms with Crippen LogP contribution in [0.25, 0.3) is 0 Å².